The van der Waals surface area contributed by atoms with Crippen molar-refractivity contribution in [2.45, 2.75) is 0 Å². The van der Waals surface area contributed by atoms with Crippen LogP contribution in [0.4, 0.5) is 16.5 Å². The molecule has 0 saturated heterocycles. The number of anilines is 3. The molecule has 19 heavy (non-hydrogen) atoms. The smallest absolute Gasteiger partial charge is 0.188 e. The Morgan fingerprint density at radius 3 is 2.84 bits per heavy atom. The molecule has 2 aromatic carbocycles. The fourth-order valence-electron chi connectivity index (χ4n) is 1.69. The first kappa shape index (κ1) is 12.7. The molecule has 0 aliphatic heterocycles. The zero-order chi connectivity index (χ0) is 13.4. The van der Waals surface area contributed by atoms with Crippen molar-refractivity contribution < 1.29 is 0 Å². The first-order chi connectivity index (χ1) is 9.11. The first-order valence-electron chi connectivity index (χ1n) is 5.50. The number of rotatable bonds is 2. The van der Waals surface area contributed by atoms with Crippen molar-refractivity contribution in [3.63, 3.8) is 0 Å². The third-order valence-electron chi connectivity index (χ3n) is 2.58. The monoisotopic (exact) mass is 353 g/mol. The van der Waals surface area contributed by atoms with Crippen LogP contribution in [0.15, 0.2) is 40.9 Å². The number of hydrogen-bond acceptors (Lipinski definition) is 4. The Kier molecular flexibility index (Phi) is 3.35. The average molecular weight is 355 g/mol. The van der Waals surface area contributed by atoms with E-state index in [9.17, 15) is 0 Å². The van der Waals surface area contributed by atoms with Crippen LogP contribution >= 0.6 is 38.9 Å². The number of nitrogens with two attached hydrogens (primary N) is 1. The van der Waals surface area contributed by atoms with Crippen LogP contribution in [0.3, 0.4) is 0 Å². The first-order valence-corrected chi connectivity index (χ1v) is 7.49. The van der Waals surface area contributed by atoms with Gasteiger partial charge in [0, 0.05) is 15.8 Å². The number of hydrogen-bond donors (Lipinski definition) is 2. The fraction of sp³-hybridized carbons (Fsp3) is 0. The van der Waals surface area contributed by atoms with Gasteiger partial charge in [0.05, 0.1) is 15.2 Å². The Hall–Kier alpha value is -1.30. The number of thiazole rings is 1. The van der Waals surface area contributed by atoms with Gasteiger partial charge in [-0.25, -0.2) is 4.98 Å². The minimum absolute atomic E-state index is 0.683. The highest BCUT2D eigenvalue weighted by Crippen LogP contribution is 2.31. The van der Waals surface area contributed by atoms with Crippen molar-refractivity contribution in [1.82, 2.24) is 4.98 Å². The van der Waals surface area contributed by atoms with Crippen LogP contribution in [-0.2, 0) is 0 Å². The van der Waals surface area contributed by atoms with Crippen LogP contribution in [0.5, 0.6) is 0 Å². The lowest BCUT2D eigenvalue weighted by atomic mass is 10.3. The topological polar surface area (TPSA) is 50.9 Å². The van der Waals surface area contributed by atoms with E-state index >= 15 is 0 Å². The van der Waals surface area contributed by atoms with Gasteiger partial charge >= 0.3 is 0 Å². The van der Waals surface area contributed by atoms with E-state index < -0.39 is 0 Å². The number of halogens is 2. The lowest BCUT2D eigenvalue weighted by molar-refractivity contribution is 1.44. The molecule has 3 rings (SSSR count). The maximum absolute atomic E-state index is 5.96. The normalized spacial score (nSPS) is 10.8. The molecule has 96 valence electrons. The highest BCUT2D eigenvalue weighted by atomic mass is 79.9. The van der Waals surface area contributed by atoms with E-state index in [-0.39, 0.29) is 0 Å². The fourth-order valence-corrected chi connectivity index (χ4v) is 3.12. The lowest BCUT2D eigenvalue weighted by Gasteiger charge is -2.03. The molecule has 6 heteroatoms. The minimum Gasteiger partial charge on any atom is -0.399 e. The van der Waals surface area contributed by atoms with Gasteiger partial charge in [-0.2, -0.15) is 0 Å². The van der Waals surface area contributed by atoms with Crippen molar-refractivity contribution in [1.29, 1.82) is 0 Å². The Morgan fingerprint density at radius 2 is 2.05 bits per heavy atom. The van der Waals surface area contributed by atoms with Crippen molar-refractivity contribution in [3.8, 4) is 0 Å². The van der Waals surface area contributed by atoms with Crippen LogP contribution in [0, 0.1) is 0 Å². The largest absolute Gasteiger partial charge is 0.399 e. The summed E-state index contributed by atoms with van der Waals surface area (Å²) in [6, 6.07) is 11.4. The standard InChI is InChI=1S/C13H9BrClN3S/c14-9-6-8(2-3-10(9)15)17-13-18-11-4-1-7(16)5-12(11)19-13/h1-6H,16H2,(H,17,18). The van der Waals surface area contributed by atoms with E-state index in [1.807, 2.05) is 36.4 Å². The molecule has 0 radical (unpaired) electrons. The van der Waals surface area contributed by atoms with Crippen LogP contribution in [-0.4, -0.2) is 4.98 Å². The number of aromatic nitrogens is 1. The summed E-state index contributed by atoms with van der Waals surface area (Å²) in [5.41, 5.74) is 8.38. The molecule has 0 aliphatic rings. The molecule has 0 amide bonds. The van der Waals surface area contributed by atoms with Gasteiger partial charge in [0.1, 0.15) is 0 Å². The van der Waals surface area contributed by atoms with E-state index in [0.717, 1.165) is 31.2 Å². The second-order valence-electron chi connectivity index (χ2n) is 4.00. The van der Waals surface area contributed by atoms with Crippen LogP contribution in [0.1, 0.15) is 0 Å². The van der Waals surface area contributed by atoms with Gasteiger partial charge in [-0.15, -0.1) is 0 Å². The van der Waals surface area contributed by atoms with Crippen molar-refractivity contribution >= 4 is 65.6 Å². The van der Waals surface area contributed by atoms with E-state index in [4.69, 9.17) is 17.3 Å². The van der Waals surface area contributed by atoms with E-state index in [1.54, 1.807) is 11.3 Å². The Bertz CT molecular complexity index is 757. The summed E-state index contributed by atoms with van der Waals surface area (Å²) in [5, 5.41) is 4.77. The molecule has 0 aliphatic carbocycles. The lowest BCUT2D eigenvalue weighted by Crippen LogP contribution is -1.88. The van der Waals surface area contributed by atoms with E-state index in [1.165, 1.54) is 0 Å². The summed E-state index contributed by atoms with van der Waals surface area (Å²) in [6.07, 6.45) is 0. The minimum atomic E-state index is 0.683. The summed E-state index contributed by atoms with van der Waals surface area (Å²) in [7, 11) is 0. The average Bonchev–Trinajstić information content (AvgIpc) is 2.75. The van der Waals surface area contributed by atoms with Crippen molar-refractivity contribution in [2.75, 3.05) is 11.1 Å². The summed E-state index contributed by atoms with van der Waals surface area (Å²) >= 11 is 10.9. The quantitative estimate of drug-likeness (QED) is 0.634. The molecule has 0 fully saturated rings. The highest BCUT2D eigenvalue weighted by Gasteiger charge is 2.05. The van der Waals surface area contributed by atoms with Gasteiger partial charge in [0.25, 0.3) is 0 Å². The van der Waals surface area contributed by atoms with Gasteiger partial charge in [0.2, 0.25) is 0 Å². The predicted octanol–water partition coefficient (Wildman–Crippen LogP) is 5.04. The van der Waals surface area contributed by atoms with Gasteiger partial charge in [0.15, 0.2) is 5.13 Å². The van der Waals surface area contributed by atoms with Gasteiger partial charge in [-0.1, -0.05) is 22.9 Å². The van der Waals surface area contributed by atoms with Crippen molar-refractivity contribution in [3.05, 3.63) is 45.9 Å². The van der Waals surface area contributed by atoms with Crippen LogP contribution in [0.2, 0.25) is 5.02 Å². The number of benzene rings is 2. The second kappa shape index (κ2) is 5.00. The summed E-state index contributed by atoms with van der Waals surface area (Å²) < 4.78 is 1.92. The molecule has 0 spiro atoms. The zero-order valence-corrected chi connectivity index (χ0v) is 12.8. The molecule has 0 bridgehead atoms. The maximum atomic E-state index is 5.96. The maximum Gasteiger partial charge on any atom is 0.188 e. The molecular weight excluding hydrogens is 346 g/mol. The van der Waals surface area contributed by atoms with E-state index in [0.29, 0.717) is 5.02 Å². The molecule has 3 N–H and O–H groups in total. The summed E-state index contributed by atoms with van der Waals surface area (Å²) in [6.45, 7) is 0. The van der Waals surface area contributed by atoms with Crippen LogP contribution < -0.4 is 11.1 Å². The molecule has 3 nitrogen and oxygen atoms in total. The zero-order valence-electron chi connectivity index (χ0n) is 9.65. The highest BCUT2D eigenvalue weighted by molar-refractivity contribution is 9.10. The third kappa shape index (κ3) is 2.68. The molecule has 0 saturated carbocycles. The van der Waals surface area contributed by atoms with Crippen LogP contribution in [0.25, 0.3) is 10.2 Å². The molecule has 1 heterocycles. The number of nitrogens with one attached hydrogen (secondary N) is 1. The SMILES string of the molecule is Nc1ccc2nc(Nc3ccc(Cl)c(Br)c3)sc2c1. The molecule has 0 atom stereocenters. The number of nitrogen functional groups attached to an aromatic ring is 1. The molecular formula is C13H9BrClN3S. The summed E-state index contributed by atoms with van der Waals surface area (Å²) in [4.78, 5) is 4.50. The molecule has 3 aromatic rings. The van der Waals surface area contributed by atoms with Gasteiger partial charge in [-0.3, -0.25) is 0 Å². The Labute approximate surface area is 127 Å². The Morgan fingerprint density at radius 1 is 1.21 bits per heavy atom. The third-order valence-corrected chi connectivity index (χ3v) is 4.73. The summed E-state index contributed by atoms with van der Waals surface area (Å²) in [5.74, 6) is 0. The Balaban J connectivity index is 1.94. The van der Waals surface area contributed by atoms with Gasteiger partial charge in [-0.05, 0) is 52.3 Å². The van der Waals surface area contributed by atoms with Gasteiger partial charge < -0.3 is 11.1 Å². The van der Waals surface area contributed by atoms with E-state index in [2.05, 4.69) is 26.2 Å². The molecule has 1 aromatic heterocycles. The number of fused-ring (bicyclic) bond motifs is 1. The molecule has 0 unspecified atom stereocenters. The second-order valence-corrected chi connectivity index (χ2v) is 6.29. The van der Waals surface area contributed by atoms with Crippen molar-refractivity contribution in [2.24, 2.45) is 0 Å². The predicted molar refractivity (Wildman–Crippen MR) is 86.5 cm³/mol. The number of nitrogens with zero attached hydrogens (tertiary/aromatic N) is 1.